The van der Waals surface area contributed by atoms with Crippen molar-refractivity contribution < 1.29 is 14.3 Å². The summed E-state index contributed by atoms with van der Waals surface area (Å²) in [5.41, 5.74) is 1.25. The molecule has 26 heavy (non-hydrogen) atoms. The number of urea groups is 1. The van der Waals surface area contributed by atoms with E-state index < -0.39 is 0 Å². The van der Waals surface area contributed by atoms with Gasteiger partial charge in [-0.25, -0.2) is 4.79 Å². The monoisotopic (exact) mass is 362 g/mol. The molecule has 1 aliphatic heterocycles. The van der Waals surface area contributed by atoms with Gasteiger partial charge in [0.2, 0.25) is 0 Å². The van der Waals surface area contributed by atoms with Crippen molar-refractivity contribution in [3.05, 3.63) is 30.1 Å². The highest BCUT2D eigenvalue weighted by molar-refractivity contribution is 5.74. The lowest BCUT2D eigenvalue weighted by molar-refractivity contribution is -0.143. The van der Waals surface area contributed by atoms with Crippen molar-refractivity contribution in [3.8, 4) is 0 Å². The van der Waals surface area contributed by atoms with Gasteiger partial charge in [-0.05, 0) is 37.5 Å². The van der Waals surface area contributed by atoms with Gasteiger partial charge in [0, 0.05) is 58.1 Å². The summed E-state index contributed by atoms with van der Waals surface area (Å²) in [7, 11) is 0. The number of rotatable bonds is 9. The molecule has 1 fully saturated rings. The number of nitrogens with one attached hydrogen (secondary N) is 1. The topological polar surface area (TPSA) is 74.8 Å². The summed E-state index contributed by atoms with van der Waals surface area (Å²) in [6, 6.07) is 4.07. The minimum atomic E-state index is -0.138. The van der Waals surface area contributed by atoms with Crippen molar-refractivity contribution in [1.29, 1.82) is 0 Å². The molecule has 7 nitrogen and oxygen atoms in total. The van der Waals surface area contributed by atoms with Crippen LogP contribution in [0.4, 0.5) is 4.79 Å². The number of unbranched alkanes of at least 4 members (excludes halogenated alkanes) is 2. The highest BCUT2D eigenvalue weighted by Gasteiger charge is 2.20. The van der Waals surface area contributed by atoms with Gasteiger partial charge < -0.3 is 15.0 Å². The van der Waals surface area contributed by atoms with Gasteiger partial charge in [-0.1, -0.05) is 6.42 Å². The number of piperazine rings is 1. The summed E-state index contributed by atoms with van der Waals surface area (Å²) in [5.74, 6) is -0.138. The molecule has 0 atom stereocenters. The molecular weight excluding hydrogens is 332 g/mol. The zero-order chi connectivity index (χ0) is 18.6. The second-order valence-electron chi connectivity index (χ2n) is 6.47. The third-order valence-electron chi connectivity index (χ3n) is 4.45. The first-order valence-corrected chi connectivity index (χ1v) is 9.48. The summed E-state index contributed by atoms with van der Waals surface area (Å²) in [6.07, 6.45) is 6.69. The standard InChI is InChI=1S/C19H30N4O3/c1-2-26-18(24)6-4-3-5-9-21-19(25)23-14-12-22(13-15-23)16-17-7-10-20-11-8-17/h7-8,10-11H,2-6,9,12-16H2,1H3,(H,21,25). The molecule has 0 spiro atoms. The van der Waals surface area contributed by atoms with Crippen molar-refractivity contribution in [3.63, 3.8) is 0 Å². The minimum absolute atomic E-state index is 0.0129. The zero-order valence-electron chi connectivity index (χ0n) is 15.7. The molecule has 0 radical (unpaired) electrons. The number of nitrogens with zero attached hydrogens (tertiary/aromatic N) is 3. The smallest absolute Gasteiger partial charge is 0.317 e. The predicted molar refractivity (Wildman–Crippen MR) is 99.6 cm³/mol. The molecule has 1 saturated heterocycles. The molecule has 0 aromatic carbocycles. The van der Waals surface area contributed by atoms with Crippen LogP contribution in [-0.2, 0) is 16.1 Å². The number of carbonyl (C=O) groups excluding carboxylic acids is 2. The quantitative estimate of drug-likeness (QED) is 0.537. The summed E-state index contributed by atoms with van der Waals surface area (Å²) >= 11 is 0. The van der Waals surface area contributed by atoms with Crippen LogP contribution < -0.4 is 5.32 Å². The Morgan fingerprint density at radius 1 is 1.12 bits per heavy atom. The fourth-order valence-electron chi connectivity index (χ4n) is 2.97. The van der Waals surface area contributed by atoms with E-state index in [0.29, 0.717) is 19.6 Å². The SMILES string of the molecule is CCOC(=O)CCCCCNC(=O)N1CCN(Cc2ccncc2)CC1. The van der Waals surface area contributed by atoms with E-state index in [2.05, 4.69) is 15.2 Å². The summed E-state index contributed by atoms with van der Waals surface area (Å²) in [6.45, 7) is 7.07. The van der Waals surface area contributed by atoms with E-state index in [0.717, 1.165) is 52.0 Å². The Kier molecular flexibility index (Phi) is 8.89. The minimum Gasteiger partial charge on any atom is -0.466 e. The van der Waals surface area contributed by atoms with Crippen LogP contribution in [0.25, 0.3) is 0 Å². The van der Waals surface area contributed by atoms with Crippen LogP contribution in [0.3, 0.4) is 0 Å². The molecule has 2 amide bonds. The lowest BCUT2D eigenvalue weighted by atomic mass is 10.2. The average Bonchev–Trinajstić information content (AvgIpc) is 2.66. The lowest BCUT2D eigenvalue weighted by Crippen LogP contribution is -2.51. The Bertz CT molecular complexity index is 545. The Morgan fingerprint density at radius 3 is 2.54 bits per heavy atom. The van der Waals surface area contributed by atoms with Crippen LogP contribution in [-0.4, -0.2) is 66.1 Å². The van der Waals surface area contributed by atoms with Crippen LogP contribution in [0, 0.1) is 0 Å². The molecule has 0 aliphatic carbocycles. The molecule has 1 aliphatic rings. The van der Waals surface area contributed by atoms with E-state index in [9.17, 15) is 9.59 Å². The van der Waals surface area contributed by atoms with E-state index in [1.165, 1.54) is 5.56 Å². The number of ether oxygens (including phenoxy) is 1. The number of aromatic nitrogens is 1. The summed E-state index contributed by atoms with van der Waals surface area (Å²) in [5, 5.41) is 2.97. The highest BCUT2D eigenvalue weighted by Crippen LogP contribution is 2.08. The first-order chi connectivity index (χ1) is 12.7. The number of carbonyl (C=O) groups is 2. The molecular formula is C19H30N4O3. The number of amides is 2. The van der Waals surface area contributed by atoms with Gasteiger partial charge in [0.15, 0.2) is 0 Å². The molecule has 7 heteroatoms. The van der Waals surface area contributed by atoms with Gasteiger partial charge in [0.1, 0.15) is 0 Å². The first kappa shape index (κ1) is 20.2. The average molecular weight is 362 g/mol. The number of hydrogen-bond donors (Lipinski definition) is 1. The molecule has 144 valence electrons. The van der Waals surface area contributed by atoms with Crippen molar-refractivity contribution >= 4 is 12.0 Å². The van der Waals surface area contributed by atoms with E-state index in [-0.39, 0.29) is 12.0 Å². The second kappa shape index (κ2) is 11.5. The largest absolute Gasteiger partial charge is 0.466 e. The summed E-state index contributed by atoms with van der Waals surface area (Å²) in [4.78, 5) is 31.7. The van der Waals surface area contributed by atoms with E-state index in [1.807, 2.05) is 36.4 Å². The van der Waals surface area contributed by atoms with E-state index in [1.54, 1.807) is 0 Å². The Hall–Kier alpha value is -2.15. The molecule has 1 N–H and O–H groups in total. The molecule has 2 rings (SSSR count). The van der Waals surface area contributed by atoms with E-state index >= 15 is 0 Å². The Morgan fingerprint density at radius 2 is 1.85 bits per heavy atom. The van der Waals surface area contributed by atoms with Crippen molar-refractivity contribution in [2.75, 3.05) is 39.3 Å². The molecule has 1 aromatic heterocycles. The van der Waals surface area contributed by atoms with Crippen LogP contribution in [0.1, 0.15) is 38.2 Å². The predicted octanol–water partition coefficient (Wildman–Crippen LogP) is 2.03. The molecule has 0 unspecified atom stereocenters. The van der Waals surface area contributed by atoms with Crippen molar-refractivity contribution in [2.45, 2.75) is 39.2 Å². The highest BCUT2D eigenvalue weighted by atomic mass is 16.5. The Labute approximate surface area is 155 Å². The van der Waals surface area contributed by atoms with Gasteiger partial charge in [0.05, 0.1) is 6.61 Å². The van der Waals surface area contributed by atoms with Crippen LogP contribution in [0.15, 0.2) is 24.5 Å². The van der Waals surface area contributed by atoms with Gasteiger partial charge in [0.25, 0.3) is 0 Å². The fraction of sp³-hybridized carbons (Fsp3) is 0.632. The van der Waals surface area contributed by atoms with Gasteiger partial charge in [-0.3, -0.25) is 14.7 Å². The molecule has 0 saturated carbocycles. The Balaban J connectivity index is 1.53. The maximum atomic E-state index is 12.2. The summed E-state index contributed by atoms with van der Waals surface area (Å²) < 4.78 is 4.89. The number of pyridine rings is 1. The first-order valence-electron chi connectivity index (χ1n) is 9.48. The molecule has 2 heterocycles. The van der Waals surface area contributed by atoms with Crippen molar-refractivity contribution in [1.82, 2.24) is 20.1 Å². The zero-order valence-corrected chi connectivity index (χ0v) is 15.7. The lowest BCUT2D eigenvalue weighted by Gasteiger charge is -2.34. The van der Waals surface area contributed by atoms with E-state index in [4.69, 9.17) is 4.74 Å². The molecule has 0 bridgehead atoms. The normalized spacial score (nSPS) is 14.9. The third kappa shape index (κ3) is 7.39. The number of esters is 1. The number of hydrogen-bond acceptors (Lipinski definition) is 5. The van der Waals surface area contributed by atoms with Crippen LogP contribution in [0.2, 0.25) is 0 Å². The molecule has 1 aromatic rings. The van der Waals surface area contributed by atoms with Crippen LogP contribution >= 0.6 is 0 Å². The van der Waals surface area contributed by atoms with Gasteiger partial charge in [-0.2, -0.15) is 0 Å². The second-order valence-corrected chi connectivity index (χ2v) is 6.47. The van der Waals surface area contributed by atoms with Gasteiger partial charge >= 0.3 is 12.0 Å². The van der Waals surface area contributed by atoms with Crippen molar-refractivity contribution in [2.24, 2.45) is 0 Å². The van der Waals surface area contributed by atoms with Gasteiger partial charge in [-0.15, -0.1) is 0 Å². The third-order valence-corrected chi connectivity index (χ3v) is 4.45. The maximum Gasteiger partial charge on any atom is 0.317 e. The fourth-order valence-corrected chi connectivity index (χ4v) is 2.97. The van der Waals surface area contributed by atoms with Crippen LogP contribution in [0.5, 0.6) is 0 Å². The maximum absolute atomic E-state index is 12.2.